The minimum Gasteiger partial charge on any atom is -0.327 e. The van der Waals surface area contributed by atoms with Crippen molar-refractivity contribution in [2.45, 2.75) is 82.7 Å². The van der Waals surface area contributed by atoms with Gasteiger partial charge in [-0.1, -0.05) is 32.1 Å². The molecule has 4 fully saturated rings. The number of hydrogen-bond acceptors (Lipinski definition) is 4. The van der Waals surface area contributed by atoms with Gasteiger partial charge in [0, 0.05) is 31.7 Å². The van der Waals surface area contributed by atoms with Gasteiger partial charge in [-0.25, -0.2) is 5.01 Å². The van der Waals surface area contributed by atoms with E-state index in [1.54, 1.807) is 0 Å². The van der Waals surface area contributed by atoms with Crippen LogP contribution in [0.4, 0.5) is 0 Å². The van der Waals surface area contributed by atoms with Crippen LogP contribution in [0.3, 0.4) is 0 Å². The molecule has 4 aliphatic rings. The number of nitrogens with two attached hydrogens (primary N) is 1. The van der Waals surface area contributed by atoms with Crippen molar-refractivity contribution in [2.75, 3.05) is 26.2 Å². The summed E-state index contributed by atoms with van der Waals surface area (Å²) >= 11 is 0. The first-order chi connectivity index (χ1) is 12.3. The van der Waals surface area contributed by atoms with E-state index in [2.05, 4.69) is 15.8 Å². The molecule has 2 heterocycles. The van der Waals surface area contributed by atoms with Crippen molar-refractivity contribution in [3.63, 3.8) is 0 Å². The topological polar surface area (TPSA) is 53.3 Å². The van der Waals surface area contributed by atoms with Crippen LogP contribution >= 0.6 is 0 Å². The predicted molar refractivity (Wildman–Crippen MR) is 104 cm³/mol. The van der Waals surface area contributed by atoms with Gasteiger partial charge in [-0.3, -0.25) is 5.43 Å². The maximum Gasteiger partial charge on any atom is 0.0256 e. The Bertz CT molecular complexity index is 409. The van der Waals surface area contributed by atoms with E-state index in [0.29, 0.717) is 6.04 Å². The number of nitrogens with zero attached hydrogens (tertiary/aromatic N) is 1. The largest absolute Gasteiger partial charge is 0.327 e. The summed E-state index contributed by atoms with van der Waals surface area (Å²) in [6, 6.07) is 1.13. The minimum atomic E-state index is 0.384. The Hall–Kier alpha value is -0.160. The van der Waals surface area contributed by atoms with E-state index in [-0.39, 0.29) is 0 Å². The molecule has 0 amide bonds. The Kier molecular flexibility index (Phi) is 6.33. The van der Waals surface area contributed by atoms with Gasteiger partial charge in [-0.15, -0.1) is 0 Å². The third-order valence-corrected chi connectivity index (χ3v) is 7.67. The molecule has 0 bridgehead atoms. The van der Waals surface area contributed by atoms with E-state index in [1.165, 1.54) is 90.3 Å². The first kappa shape index (κ1) is 18.2. The maximum absolute atomic E-state index is 6.21. The van der Waals surface area contributed by atoms with Crippen molar-refractivity contribution in [3.8, 4) is 0 Å². The molecule has 4 rings (SSSR count). The lowest BCUT2D eigenvalue weighted by Crippen LogP contribution is -2.48. The molecule has 4 N–H and O–H groups in total. The lowest BCUT2D eigenvalue weighted by atomic mass is 9.70. The molecule has 25 heavy (non-hydrogen) atoms. The summed E-state index contributed by atoms with van der Waals surface area (Å²) in [6.07, 6.45) is 15.7. The van der Waals surface area contributed by atoms with Crippen LogP contribution in [-0.2, 0) is 0 Å². The molecule has 0 aromatic carbocycles. The molecule has 2 saturated heterocycles. The van der Waals surface area contributed by atoms with Crippen LogP contribution in [0, 0.1) is 23.7 Å². The Labute approximate surface area is 154 Å². The number of hydrazine groups is 1. The summed E-state index contributed by atoms with van der Waals surface area (Å²) in [5.41, 5.74) is 10.1. The summed E-state index contributed by atoms with van der Waals surface area (Å²) in [5.74, 6) is 3.58. The molecule has 2 saturated carbocycles. The second kappa shape index (κ2) is 8.69. The van der Waals surface area contributed by atoms with E-state index in [1.807, 2.05) is 0 Å². The fourth-order valence-electron chi connectivity index (χ4n) is 6.25. The Morgan fingerprint density at radius 3 is 2.48 bits per heavy atom. The third kappa shape index (κ3) is 4.77. The summed E-state index contributed by atoms with van der Waals surface area (Å²) in [4.78, 5) is 0. The van der Waals surface area contributed by atoms with Crippen LogP contribution in [0.5, 0.6) is 0 Å². The number of nitrogens with one attached hydrogen (secondary N) is 2. The van der Waals surface area contributed by atoms with Gasteiger partial charge in [0.1, 0.15) is 0 Å². The van der Waals surface area contributed by atoms with Crippen LogP contribution in [-0.4, -0.2) is 43.3 Å². The first-order valence-electron chi connectivity index (χ1n) is 11.3. The SMILES string of the molecule is NC1CNCC(C2CCCC(C3CCN(CC4CCCCC4)N3)C2)C1. The molecule has 144 valence electrons. The fourth-order valence-corrected chi connectivity index (χ4v) is 6.25. The number of piperidine rings is 1. The van der Waals surface area contributed by atoms with E-state index in [9.17, 15) is 0 Å². The highest BCUT2D eigenvalue weighted by molar-refractivity contribution is 4.91. The zero-order valence-corrected chi connectivity index (χ0v) is 16.1. The van der Waals surface area contributed by atoms with Gasteiger partial charge in [0.15, 0.2) is 0 Å². The van der Waals surface area contributed by atoms with Crippen molar-refractivity contribution in [1.29, 1.82) is 0 Å². The zero-order chi connectivity index (χ0) is 17.1. The molecule has 5 unspecified atom stereocenters. The van der Waals surface area contributed by atoms with Crippen LogP contribution in [0.15, 0.2) is 0 Å². The lowest BCUT2D eigenvalue weighted by Gasteiger charge is -2.40. The average Bonchev–Trinajstić information content (AvgIpc) is 3.11. The Morgan fingerprint density at radius 2 is 1.64 bits per heavy atom. The summed E-state index contributed by atoms with van der Waals surface area (Å²) < 4.78 is 0. The van der Waals surface area contributed by atoms with Crippen molar-refractivity contribution < 1.29 is 0 Å². The van der Waals surface area contributed by atoms with E-state index < -0.39 is 0 Å². The zero-order valence-electron chi connectivity index (χ0n) is 16.1. The van der Waals surface area contributed by atoms with Gasteiger partial charge in [-0.2, -0.15) is 0 Å². The van der Waals surface area contributed by atoms with Gasteiger partial charge in [0.25, 0.3) is 0 Å². The van der Waals surface area contributed by atoms with Gasteiger partial charge < -0.3 is 11.1 Å². The molecule has 0 spiro atoms. The van der Waals surface area contributed by atoms with Crippen LogP contribution in [0.2, 0.25) is 0 Å². The van der Waals surface area contributed by atoms with Crippen LogP contribution < -0.4 is 16.5 Å². The second-order valence-corrected chi connectivity index (χ2v) is 9.58. The highest BCUT2D eigenvalue weighted by Gasteiger charge is 2.36. The minimum absolute atomic E-state index is 0.384. The Balaban J connectivity index is 1.25. The summed E-state index contributed by atoms with van der Waals surface area (Å²) in [6.45, 7) is 4.80. The van der Waals surface area contributed by atoms with E-state index in [0.717, 1.165) is 36.3 Å². The van der Waals surface area contributed by atoms with Gasteiger partial charge in [0.05, 0.1) is 0 Å². The predicted octanol–water partition coefficient (Wildman–Crippen LogP) is 2.89. The van der Waals surface area contributed by atoms with Crippen molar-refractivity contribution in [1.82, 2.24) is 15.8 Å². The van der Waals surface area contributed by atoms with Crippen LogP contribution in [0.25, 0.3) is 0 Å². The van der Waals surface area contributed by atoms with Gasteiger partial charge in [-0.05, 0) is 68.7 Å². The summed E-state index contributed by atoms with van der Waals surface area (Å²) in [5, 5.41) is 6.16. The number of hydrogen-bond donors (Lipinski definition) is 3. The van der Waals surface area contributed by atoms with Gasteiger partial charge in [0.2, 0.25) is 0 Å². The molecular formula is C21H40N4. The summed E-state index contributed by atoms with van der Waals surface area (Å²) in [7, 11) is 0. The highest BCUT2D eigenvalue weighted by atomic mass is 15.5. The van der Waals surface area contributed by atoms with E-state index in [4.69, 9.17) is 5.73 Å². The van der Waals surface area contributed by atoms with Crippen molar-refractivity contribution in [3.05, 3.63) is 0 Å². The van der Waals surface area contributed by atoms with E-state index >= 15 is 0 Å². The highest BCUT2D eigenvalue weighted by Crippen LogP contribution is 2.39. The monoisotopic (exact) mass is 348 g/mol. The lowest BCUT2D eigenvalue weighted by molar-refractivity contribution is 0.119. The first-order valence-corrected chi connectivity index (χ1v) is 11.3. The molecule has 5 atom stereocenters. The Morgan fingerprint density at radius 1 is 0.800 bits per heavy atom. The van der Waals surface area contributed by atoms with Crippen molar-refractivity contribution in [2.24, 2.45) is 29.4 Å². The quantitative estimate of drug-likeness (QED) is 0.731. The molecular weight excluding hydrogens is 308 g/mol. The van der Waals surface area contributed by atoms with Crippen LogP contribution in [0.1, 0.15) is 70.6 Å². The van der Waals surface area contributed by atoms with Gasteiger partial charge >= 0.3 is 0 Å². The maximum atomic E-state index is 6.21. The second-order valence-electron chi connectivity index (χ2n) is 9.58. The molecule has 2 aliphatic heterocycles. The number of rotatable bonds is 4. The average molecular weight is 349 g/mol. The molecule has 4 nitrogen and oxygen atoms in total. The molecule has 0 aromatic rings. The standard InChI is InChI=1S/C21H40N4/c22-20-12-19(13-23-14-20)17-7-4-8-18(11-17)21-9-10-25(24-21)15-16-5-2-1-3-6-16/h16-21,23-24H,1-15,22H2. The smallest absolute Gasteiger partial charge is 0.0256 e. The van der Waals surface area contributed by atoms with Crippen molar-refractivity contribution >= 4 is 0 Å². The molecule has 0 radical (unpaired) electrons. The molecule has 4 heteroatoms. The third-order valence-electron chi connectivity index (χ3n) is 7.67. The normalized spacial score (nSPS) is 41.9. The fraction of sp³-hybridized carbons (Fsp3) is 1.00. The molecule has 0 aromatic heterocycles. The molecule has 2 aliphatic carbocycles.